The maximum Gasteiger partial charge on any atom is 0.325 e. The Morgan fingerprint density at radius 2 is 1.74 bits per heavy atom. The third-order valence-corrected chi connectivity index (χ3v) is 6.62. The number of ether oxygens (including phenoxy) is 2. The number of carbonyl (C=O) groups is 3. The molecule has 0 saturated heterocycles. The number of fused-ring (bicyclic) bond motifs is 1. The lowest BCUT2D eigenvalue weighted by Gasteiger charge is -2.31. The van der Waals surface area contributed by atoms with Crippen LogP contribution in [0.15, 0.2) is 72.8 Å². The highest BCUT2D eigenvalue weighted by atomic mass is 35.5. The number of benzene rings is 3. The zero-order chi connectivity index (χ0) is 27.2. The third-order valence-electron chi connectivity index (χ3n) is 6.04. The largest absolute Gasteiger partial charge is 0.465 e. The Hall–Kier alpha value is -3.59. The third kappa shape index (κ3) is 6.10. The first-order chi connectivity index (χ1) is 18.3. The van der Waals surface area contributed by atoms with Gasteiger partial charge in [-0.3, -0.25) is 14.5 Å². The van der Waals surface area contributed by atoms with Crippen LogP contribution in [-0.4, -0.2) is 49.2 Å². The number of nitrogens with one attached hydrogen (secondary N) is 1. The van der Waals surface area contributed by atoms with E-state index in [4.69, 9.17) is 32.7 Å². The van der Waals surface area contributed by atoms with Crippen molar-refractivity contribution in [1.29, 1.82) is 0 Å². The Kier molecular flexibility index (Phi) is 8.89. The van der Waals surface area contributed by atoms with Gasteiger partial charge >= 0.3 is 12.0 Å². The molecule has 0 fully saturated rings. The lowest BCUT2D eigenvalue weighted by atomic mass is 9.99. The summed E-state index contributed by atoms with van der Waals surface area (Å²) in [4.78, 5) is 41.6. The van der Waals surface area contributed by atoms with Gasteiger partial charge in [-0.2, -0.15) is 0 Å². The van der Waals surface area contributed by atoms with Crippen LogP contribution in [0.5, 0.6) is 0 Å². The molecule has 0 saturated carbocycles. The molecule has 1 aliphatic heterocycles. The highest BCUT2D eigenvalue weighted by molar-refractivity contribution is 6.31. The van der Waals surface area contributed by atoms with Gasteiger partial charge in [-0.05, 0) is 36.8 Å². The molecule has 0 spiro atoms. The van der Waals surface area contributed by atoms with Gasteiger partial charge in [0.1, 0.15) is 12.6 Å². The van der Waals surface area contributed by atoms with E-state index in [1.54, 1.807) is 48.2 Å². The molecule has 0 radical (unpaired) electrons. The number of urea groups is 1. The molecule has 0 unspecified atom stereocenters. The van der Waals surface area contributed by atoms with E-state index in [9.17, 15) is 14.4 Å². The Labute approximate surface area is 231 Å². The van der Waals surface area contributed by atoms with Gasteiger partial charge in [0, 0.05) is 28.2 Å². The zero-order valence-corrected chi connectivity index (χ0v) is 22.4. The molecule has 1 aliphatic rings. The molecule has 3 aromatic carbocycles. The van der Waals surface area contributed by atoms with Gasteiger partial charge < -0.3 is 19.7 Å². The summed E-state index contributed by atoms with van der Waals surface area (Å²) in [6, 6.07) is 21.1. The molecule has 3 aromatic rings. The van der Waals surface area contributed by atoms with E-state index in [1.165, 1.54) is 7.05 Å². The van der Waals surface area contributed by atoms with Crippen molar-refractivity contribution >= 4 is 46.8 Å². The molecule has 1 heterocycles. The molecule has 38 heavy (non-hydrogen) atoms. The minimum Gasteiger partial charge on any atom is -0.465 e. The molecule has 1 N–H and O–H groups in total. The maximum atomic E-state index is 14.1. The van der Waals surface area contributed by atoms with Crippen molar-refractivity contribution < 1.29 is 23.9 Å². The SMILES string of the molecule is CCOC(=O)CNC(=O)N(C)[C@H]1O[C@H](c2ccccc2Cl)c2cc(Cl)ccc2N(Cc2ccccc2)C1=O. The maximum absolute atomic E-state index is 14.1. The lowest BCUT2D eigenvalue weighted by molar-refractivity contribution is -0.143. The monoisotopic (exact) mass is 555 g/mol. The number of rotatable bonds is 7. The van der Waals surface area contributed by atoms with E-state index in [-0.39, 0.29) is 19.7 Å². The van der Waals surface area contributed by atoms with Gasteiger partial charge in [0.2, 0.25) is 6.23 Å². The first-order valence-corrected chi connectivity index (χ1v) is 12.8. The first-order valence-electron chi connectivity index (χ1n) is 12.0. The highest BCUT2D eigenvalue weighted by Crippen LogP contribution is 2.42. The van der Waals surface area contributed by atoms with Crippen molar-refractivity contribution in [1.82, 2.24) is 10.2 Å². The average molecular weight is 556 g/mol. The Morgan fingerprint density at radius 1 is 1.03 bits per heavy atom. The molecule has 8 nitrogen and oxygen atoms in total. The molecule has 0 bridgehead atoms. The van der Waals surface area contributed by atoms with E-state index < -0.39 is 30.2 Å². The Bertz CT molecular complexity index is 1320. The quantitative estimate of drug-likeness (QED) is 0.406. The van der Waals surface area contributed by atoms with Crippen molar-refractivity contribution in [2.45, 2.75) is 25.8 Å². The fraction of sp³-hybridized carbons (Fsp3) is 0.250. The topological polar surface area (TPSA) is 88.2 Å². The zero-order valence-electron chi connectivity index (χ0n) is 20.9. The van der Waals surface area contributed by atoms with Crippen molar-refractivity contribution in [3.05, 3.63) is 99.5 Å². The van der Waals surface area contributed by atoms with E-state index in [0.29, 0.717) is 26.9 Å². The van der Waals surface area contributed by atoms with Crippen LogP contribution in [0.4, 0.5) is 10.5 Å². The summed E-state index contributed by atoms with van der Waals surface area (Å²) in [5.74, 6) is -1.06. The first kappa shape index (κ1) is 27.4. The van der Waals surface area contributed by atoms with Gasteiger partial charge in [-0.1, -0.05) is 71.7 Å². The second-order valence-electron chi connectivity index (χ2n) is 8.58. The van der Waals surface area contributed by atoms with Crippen LogP contribution in [-0.2, 0) is 25.6 Å². The fourth-order valence-electron chi connectivity index (χ4n) is 4.20. The molecule has 2 atom stereocenters. The minimum absolute atomic E-state index is 0.184. The molecule has 4 rings (SSSR count). The van der Waals surface area contributed by atoms with Crippen molar-refractivity contribution in [2.75, 3.05) is 25.1 Å². The van der Waals surface area contributed by atoms with E-state index >= 15 is 0 Å². The number of carbonyl (C=O) groups excluding carboxylic acids is 3. The number of nitrogens with zero attached hydrogens (tertiary/aromatic N) is 2. The Balaban J connectivity index is 1.78. The minimum atomic E-state index is -1.35. The number of hydrogen-bond acceptors (Lipinski definition) is 5. The fourth-order valence-corrected chi connectivity index (χ4v) is 4.61. The van der Waals surface area contributed by atoms with Crippen molar-refractivity contribution in [2.24, 2.45) is 0 Å². The van der Waals surface area contributed by atoms with Crippen LogP contribution in [0.3, 0.4) is 0 Å². The van der Waals surface area contributed by atoms with Gasteiger partial charge in [0.15, 0.2) is 0 Å². The van der Waals surface area contributed by atoms with Crippen LogP contribution >= 0.6 is 23.2 Å². The van der Waals surface area contributed by atoms with Crippen LogP contribution in [0, 0.1) is 0 Å². The van der Waals surface area contributed by atoms with Crippen LogP contribution in [0.25, 0.3) is 0 Å². The van der Waals surface area contributed by atoms with Crippen LogP contribution in [0.1, 0.15) is 29.7 Å². The summed E-state index contributed by atoms with van der Waals surface area (Å²) >= 11 is 13.0. The second kappa shape index (κ2) is 12.3. The van der Waals surface area contributed by atoms with E-state index in [2.05, 4.69) is 5.32 Å². The average Bonchev–Trinajstić information content (AvgIpc) is 3.02. The molecule has 198 valence electrons. The van der Waals surface area contributed by atoms with Crippen molar-refractivity contribution in [3.8, 4) is 0 Å². The molecule has 3 amide bonds. The van der Waals surface area contributed by atoms with Gasteiger partial charge in [0.05, 0.1) is 18.8 Å². The summed E-state index contributed by atoms with van der Waals surface area (Å²) in [6.07, 6.45) is -2.18. The predicted molar refractivity (Wildman–Crippen MR) is 145 cm³/mol. The standard InChI is InChI=1S/C28H27Cl2N3O5/c1-3-37-24(34)16-31-28(36)32(2)27-26(35)33(17-18-9-5-4-6-10-18)23-14-13-19(29)15-21(23)25(38-27)20-11-7-8-12-22(20)30/h4-15,25,27H,3,16-17H2,1-2H3,(H,31,36)/t25-,27+/m1/s1. The predicted octanol–water partition coefficient (Wildman–Crippen LogP) is 5.18. The summed E-state index contributed by atoms with van der Waals surface area (Å²) in [5.41, 5.74) is 2.69. The lowest BCUT2D eigenvalue weighted by Crippen LogP contribution is -2.53. The number of esters is 1. The molecule has 10 heteroatoms. The van der Waals surface area contributed by atoms with Gasteiger partial charge in [0.25, 0.3) is 5.91 Å². The highest BCUT2D eigenvalue weighted by Gasteiger charge is 2.40. The molecular formula is C28H27Cl2N3O5. The van der Waals surface area contributed by atoms with Crippen molar-refractivity contribution in [3.63, 3.8) is 0 Å². The van der Waals surface area contributed by atoms with Crippen LogP contribution < -0.4 is 10.2 Å². The van der Waals surface area contributed by atoms with Gasteiger partial charge in [-0.15, -0.1) is 0 Å². The molecule has 0 aliphatic carbocycles. The summed E-state index contributed by atoms with van der Waals surface area (Å²) in [5, 5.41) is 3.37. The molecular weight excluding hydrogens is 529 g/mol. The van der Waals surface area contributed by atoms with Crippen LogP contribution in [0.2, 0.25) is 10.0 Å². The summed E-state index contributed by atoms with van der Waals surface area (Å²) in [6.45, 7) is 1.73. The molecule has 0 aromatic heterocycles. The number of anilines is 1. The summed E-state index contributed by atoms with van der Waals surface area (Å²) < 4.78 is 11.3. The second-order valence-corrected chi connectivity index (χ2v) is 9.42. The normalized spacial score (nSPS) is 16.8. The number of likely N-dealkylation sites (N-methyl/N-ethyl adjacent to an activating group) is 1. The van der Waals surface area contributed by atoms with E-state index in [0.717, 1.165) is 10.5 Å². The smallest absolute Gasteiger partial charge is 0.325 e. The number of halogens is 2. The van der Waals surface area contributed by atoms with E-state index in [1.807, 2.05) is 36.4 Å². The Morgan fingerprint density at radius 3 is 2.45 bits per heavy atom. The number of amides is 3. The summed E-state index contributed by atoms with van der Waals surface area (Å²) in [7, 11) is 1.43. The number of hydrogen-bond donors (Lipinski definition) is 1. The van der Waals surface area contributed by atoms with Gasteiger partial charge in [-0.25, -0.2) is 4.79 Å².